The summed E-state index contributed by atoms with van der Waals surface area (Å²) >= 11 is 0. The molecule has 132 valence electrons. The van der Waals surface area contributed by atoms with Gasteiger partial charge < -0.3 is 14.3 Å². The summed E-state index contributed by atoms with van der Waals surface area (Å²) in [5, 5.41) is 9.63. The van der Waals surface area contributed by atoms with Crippen LogP contribution < -0.4 is 10.4 Å². The van der Waals surface area contributed by atoms with Crippen LogP contribution >= 0.6 is 0 Å². The molecular weight excluding hydrogens is 332 g/mol. The van der Waals surface area contributed by atoms with Gasteiger partial charge >= 0.3 is 11.6 Å². The summed E-state index contributed by atoms with van der Waals surface area (Å²) in [7, 11) is 0. The fourth-order valence-electron chi connectivity index (χ4n) is 2.71. The lowest BCUT2D eigenvalue weighted by Gasteiger charge is -2.08. The first kappa shape index (κ1) is 17.5. The fraction of sp³-hybridized carbons (Fsp3) is 0.143. The Morgan fingerprint density at radius 1 is 1.19 bits per heavy atom. The van der Waals surface area contributed by atoms with Crippen LogP contribution in [0.3, 0.4) is 0 Å². The number of benzene rings is 2. The van der Waals surface area contributed by atoms with Crippen LogP contribution in [-0.4, -0.2) is 17.7 Å². The number of carbonyl (C=O) groups is 1. The van der Waals surface area contributed by atoms with Crippen molar-refractivity contribution in [1.29, 1.82) is 0 Å². The molecule has 5 nitrogen and oxygen atoms in total. The number of hydrogen-bond donors (Lipinski definition) is 1. The van der Waals surface area contributed by atoms with Gasteiger partial charge in [0.05, 0.1) is 12.0 Å². The van der Waals surface area contributed by atoms with Gasteiger partial charge in [-0.25, -0.2) is 4.79 Å². The Hall–Kier alpha value is -3.34. The maximum absolute atomic E-state index is 12.0. The van der Waals surface area contributed by atoms with Crippen molar-refractivity contribution in [2.75, 3.05) is 6.61 Å². The van der Waals surface area contributed by atoms with Gasteiger partial charge in [0.2, 0.25) is 0 Å². The van der Waals surface area contributed by atoms with Crippen LogP contribution in [-0.2, 0) is 11.2 Å². The van der Waals surface area contributed by atoms with Crippen LogP contribution in [0.5, 0.6) is 5.75 Å². The molecule has 0 spiro atoms. The maximum atomic E-state index is 12.0. The molecule has 2 aromatic carbocycles. The molecule has 0 bridgehead atoms. The molecule has 0 radical (unpaired) electrons. The van der Waals surface area contributed by atoms with E-state index in [1.807, 2.05) is 42.5 Å². The molecule has 0 saturated carbocycles. The molecule has 0 fully saturated rings. The highest BCUT2D eigenvalue weighted by Crippen LogP contribution is 2.24. The van der Waals surface area contributed by atoms with E-state index in [1.54, 1.807) is 25.1 Å². The van der Waals surface area contributed by atoms with E-state index in [9.17, 15) is 9.59 Å². The van der Waals surface area contributed by atoms with Crippen molar-refractivity contribution < 1.29 is 19.1 Å². The summed E-state index contributed by atoms with van der Waals surface area (Å²) in [5.41, 5.74) is 1.63. The van der Waals surface area contributed by atoms with E-state index in [0.29, 0.717) is 28.9 Å². The Bertz CT molecular complexity index is 1020. The minimum Gasteiger partial charge on any atom is -0.489 e. The predicted molar refractivity (Wildman–Crippen MR) is 99.5 cm³/mol. The minimum absolute atomic E-state index is 0.171. The van der Waals surface area contributed by atoms with E-state index < -0.39 is 11.6 Å². The Labute approximate surface area is 150 Å². The van der Waals surface area contributed by atoms with Gasteiger partial charge in [-0.05, 0) is 36.3 Å². The van der Waals surface area contributed by atoms with Crippen molar-refractivity contribution in [2.24, 2.45) is 0 Å². The fourth-order valence-corrected chi connectivity index (χ4v) is 2.71. The first-order valence-corrected chi connectivity index (χ1v) is 8.17. The van der Waals surface area contributed by atoms with E-state index in [-0.39, 0.29) is 12.0 Å². The van der Waals surface area contributed by atoms with Gasteiger partial charge in [0.1, 0.15) is 17.9 Å². The molecular formula is C21H18O5. The van der Waals surface area contributed by atoms with Gasteiger partial charge in [-0.1, -0.05) is 36.4 Å². The number of aliphatic carboxylic acids is 1. The van der Waals surface area contributed by atoms with E-state index in [1.165, 1.54) is 0 Å². The van der Waals surface area contributed by atoms with Crippen LogP contribution in [0.15, 0.2) is 63.8 Å². The van der Waals surface area contributed by atoms with Crippen LogP contribution in [0.1, 0.15) is 16.7 Å². The second-order valence-electron chi connectivity index (χ2n) is 5.85. The number of aryl methyl sites for hydroxylation is 1. The molecule has 3 rings (SSSR count). The number of carboxylic acid groups (broad SMARTS) is 1. The minimum atomic E-state index is -1.06. The van der Waals surface area contributed by atoms with Crippen LogP contribution in [0, 0.1) is 6.92 Å². The highest BCUT2D eigenvalue weighted by Gasteiger charge is 2.14. The Morgan fingerprint density at radius 3 is 2.69 bits per heavy atom. The molecule has 1 aromatic heterocycles. The molecule has 0 amide bonds. The number of hydrogen-bond acceptors (Lipinski definition) is 4. The largest absolute Gasteiger partial charge is 0.489 e. The van der Waals surface area contributed by atoms with Crippen molar-refractivity contribution in [3.63, 3.8) is 0 Å². The topological polar surface area (TPSA) is 76.7 Å². The average Bonchev–Trinajstić information content (AvgIpc) is 2.63. The van der Waals surface area contributed by atoms with Gasteiger partial charge in [-0.3, -0.25) is 4.79 Å². The van der Waals surface area contributed by atoms with Crippen LogP contribution in [0.2, 0.25) is 0 Å². The van der Waals surface area contributed by atoms with Crippen LogP contribution in [0.4, 0.5) is 0 Å². The highest BCUT2D eigenvalue weighted by molar-refractivity contribution is 5.83. The Morgan fingerprint density at radius 2 is 1.96 bits per heavy atom. The van der Waals surface area contributed by atoms with E-state index >= 15 is 0 Å². The molecule has 0 unspecified atom stereocenters. The van der Waals surface area contributed by atoms with Crippen LogP contribution in [0.25, 0.3) is 17.0 Å². The average molecular weight is 350 g/mol. The number of fused-ring (bicyclic) bond motifs is 1. The summed E-state index contributed by atoms with van der Waals surface area (Å²) in [6.07, 6.45) is 3.51. The molecule has 1 N–H and O–H groups in total. The van der Waals surface area contributed by atoms with Gasteiger partial charge in [0.15, 0.2) is 0 Å². The lowest BCUT2D eigenvalue weighted by Crippen LogP contribution is -2.14. The molecule has 0 aliphatic rings. The van der Waals surface area contributed by atoms with Gasteiger partial charge in [0, 0.05) is 11.5 Å². The summed E-state index contributed by atoms with van der Waals surface area (Å²) in [6, 6.07) is 15.1. The van der Waals surface area contributed by atoms with Crippen molar-refractivity contribution in [3.8, 4) is 5.75 Å². The standard InChI is InChI=1S/C21H18O5/c1-14-17-10-9-16(25-11-5-8-15-6-3-2-4-7-15)12-19(17)26-21(24)18(14)13-20(22)23/h2-10,12H,11,13H2,1H3,(H,22,23). The SMILES string of the molecule is Cc1c(CC(=O)O)c(=O)oc2cc(OCC=Cc3ccccc3)ccc12. The molecule has 0 saturated heterocycles. The summed E-state index contributed by atoms with van der Waals surface area (Å²) in [4.78, 5) is 22.9. The first-order valence-electron chi connectivity index (χ1n) is 8.17. The predicted octanol–water partition coefficient (Wildman–Crippen LogP) is 3.82. The summed E-state index contributed by atoms with van der Waals surface area (Å²) < 4.78 is 10.9. The van der Waals surface area contributed by atoms with E-state index in [0.717, 1.165) is 5.56 Å². The lowest BCUT2D eigenvalue weighted by molar-refractivity contribution is -0.136. The Balaban J connectivity index is 1.78. The van der Waals surface area contributed by atoms with Crippen molar-refractivity contribution in [2.45, 2.75) is 13.3 Å². The van der Waals surface area contributed by atoms with Gasteiger partial charge in [-0.15, -0.1) is 0 Å². The molecule has 0 aliphatic carbocycles. The molecule has 26 heavy (non-hydrogen) atoms. The molecule has 5 heteroatoms. The maximum Gasteiger partial charge on any atom is 0.340 e. The zero-order chi connectivity index (χ0) is 18.5. The number of carboxylic acids is 1. The second-order valence-corrected chi connectivity index (χ2v) is 5.85. The number of rotatable bonds is 6. The molecule has 3 aromatic rings. The summed E-state index contributed by atoms with van der Waals surface area (Å²) in [6.45, 7) is 2.10. The Kier molecular flexibility index (Phi) is 5.17. The quantitative estimate of drug-likeness (QED) is 0.684. The zero-order valence-electron chi connectivity index (χ0n) is 14.3. The molecule has 0 aliphatic heterocycles. The second kappa shape index (κ2) is 7.70. The summed E-state index contributed by atoms with van der Waals surface area (Å²) in [5.74, 6) is -0.492. The monoisotopic (exact) mass is 350 g/mol. The van der Waals surface area contributed by atoms with Gasteiger partial charge in [-0.2, -0.15) is 0 Å². The first-order chi connectivity index (χ1) is 12.5. The van der Waals surface area contributed by atoms with Gasteiger partial charge in [0.25, 0.3) is 0 Å². The van der Waals surface area contributed by atoms with Crippen molar-refractivity contribution in [3.05, 3.63) is 81.7 Å². The molecule has 0 atom stereocenters. The van der Waals surface area contributed by atoms with Crippen molar-refractivity contribution in [1.82, 2.24) is 0 Å². The third-order valence-corrected chi connectivity index (χ3v) is 4.04. The highest BCUT2D eigenvalue weighted by atomic mass is 16.5. The smallest absolute Gasteiger partial charge is 0.340 e. The third-order valence-electron chi connectivity index (χ3n) is 4.04. The third kappa shape index (κ3) is 4.00. The van der Waals surface area contributed by atoms with E-state index in [2.05, 4.69) is 0 Å². The van der Waals surface area contributed by atoms with E-state index in [4.69, 9.17) is 14.3 Å². The number of ether oxygens (including phenoxy) is 1. The lowest BCUT2D eigenvalue weighted by atomic mass is 10.0. The normalized spacial score (nSPS) is 11.1. The van der Waals surface area contributed by atoms with Crippen molar-refractivity contribution >= 4 is 23.0 Å². The molecule has 1 heterocycles. The zero-order valence-corrected chi connectivity index (χ0v) is 14.3.